The predicted molar refractivity (Wildman–Crippen MR) is 123 cm³/mol. The van der Waals surface area contributed by atoms with Crippen molar-refractivity contribution >= 4 is 57.3 Å². The monoisotopic (exact) mass is 462 g/mol. The molecule has 31 heavy (non-hydrogen) atoms. The van der Waals surface area contributed by atoms with Gasteiger partial charge in [0.05, 0.1) is 14.2 Å². The maximum atomic E-state index is 11.8. The quantitative estimate of drug-likeness (QED) is 0.563. The molecule has 0 aromatic heterocycles. The highest BCUT2D eigenvalue weighted by molar-refractivity contribution is 8.14. The van der Waals surface area contributed by atoms with E-state index >= 15 is 0 Å². The highest BCUT2D eigenvalue weighted by Crippen LogP contribution is 2.18. The lowest BCUT2D eigenvalue weighted by Crippen LogP contribution is -2.10. The van der Waals surface area contributed by atoms with Crippen molar-refractivity contribution in [3.8, 4) is 0 Å². The zero-order valence-corrected chi connectivity index (χ0v) is 18.6. The summed E-state index contributed by atoms with van der Waals surface area (Å²) in [5.74, 6) is -0.996. The Morgan fingerprint density at radius 2 is 1.03 bits per heavy atom. The number of hydrogen-bond donors (Lipinski definition) is 2. The molecule has 0 saturated heterocycles. The molecule has 2 N–H and O–H groups in total. The summed E-state index contributed by atoms with van der Waals surface area (Å²) in [6.07, 6.45) is 0.677. The number of carbonyl (C=O) groups excluding carboxylic acids is 4. The van der Waals surface area contributed by atoms with Crippen LogP contribution in [0.4, 0.5) is 21.0 Å². The minimum atomic E-state index is -0.457. The molecule has 0 spiro atoms. The molecule has 0 heterocycles. The van der Waals surface area contributed by atoms with Crippen LogP contribution in [0.2, 0.25) is 0 Å². The van der Waals surface area contributed by atoms with Crippen LogP contribution >= 0.6 is 23.5 Å². The van der Waals surface area contributed by atoms with Gasteiger partial charge < -0.3 is 20.1 Å². The van der Waals surface area contributed by atoms with E-state index in [1.165, 1.54) is 14.2 Å². The highest BCUT2D eigenvalue weighted by Gasteiger charge is 2.09. The number of carbonyl (C=O) groups is 4. The third kappa shape index (κ3) is 9.14. The van der Waals surface area contributed by atoms with Crippen molar-refractivity contribution in [2.24, 2.45) is 0 Å². The van der Waals surface area contributed by atoms with E-state index in [0.29, 0.717) is 17.8 Å². The number of esters is 2. The van der Waals surface area contributed by atoms with Crippen LogP contribution in [0.15, 0.2) is 48.5 Å². The van der Waals surface area contributed by atoms with Crippen LogP contribution in [0.5, 0.6) is 0 Å². The van der Waals surface area contributed by atoms with Gasteiger partial charge in [0.25, 0.3) is 10.5 Å². The Kier molecular flexibility index (Phi) is 9.92. The molecular formula is C21H22N2O6S2. The number of amides is 2. The van der Waals surface area contributed by atoms with Crippen molar-refractivity contribution in [1.82, 2.24) is 0 Å². The topological polar surface area (TPSA) is 111 Å². The maximum Gasteiger partial charge on any atom is 0.316 e. The molecule has 0 bridgehead atoms. The minimum absolute atomic E-state index is 0.0408. The number of rotatable bonds is 8. The molecule has 0 fully saturated rings. The summed E-state index contributed by atoms with van der Waals surface area (Å²) in [6.45, 7) is 0. The van der Waals surface area contributed by atoms with Gasteiger partial charge >= 0.3 is 11.9 Å². The zero-order chi connectivity index (χ0) is 22.6. The van der Waals surface area contributed by atoms with Crippen LogP contribution < -0.4 is 10.6 Å². The van der Waals surface area contributed by atoms with Crippen LogP contribution in [-0.4, -0.2) is 48.1 Å². The van der Waals surface area contributed by atoms with Gasteiger partial charge in [0, 0.05) is 11.4 Å². The second-order valence-corrected chi connectivity index (χ2v) is 8.02. The summed E-state index contributed by atoms with van der Waals surface area (Å²) >= 11 is 1.69. The van der Waals surface area contributed by atoms with E-state index in [0.717, 1.165) is 34.7 Å². The molecule has 8 nitrogen and oxygen atoms in total. The molecule has 2 amide bonds. The van der Waals surface area contributed by atoms with Gasteiger partial charge in [0.15, 0.2) is 0 Å². The van der Waals surface area contributed by atoms with E-state index in [1.54, 1.807) is 24.3 Å². The first kappa shape index (κ1) is 24.3. The fraction of sp³-hybridized carbons (Fsp3) is 0.238. The maximum absolute atomic E-state index is 11.8. The van der Waals surface area contributed by atoms with Crippen molar-refractivity contribution in [3.05, 3.63) is 59.7 Å². The molecule has 2 aromatic rings. The molecule has 0 saturated carbocycles. The average molecular weight is 463 g/mol. The van der Waals surface area contributed by atoms with E-state index in [9.17, 15) is 19.2 Å². The Labute approximate surface area is 188 Å². The summed E-state index contributed by atoms with van der Waals surface area (Å²) < 4.78 is 8.99. The standard InChI is InChI=1S/C21H22N2O6S2/c1-28-18(24)12-30-20(26)22-16-7-3-14(4-8-16)11-15-5-9-17(10-6-15)23-21(27)31-13-19(25)29-2/h3-10H,11-13H2,1-2H3,(H,22,26)(H,23,27). The van der Waals surface area contributed by atoms with Crippen molar-refractivity contribution in [2.75, 3.05) is 36.4 Å². The second kappa shape index (κ2) is 12.7. The molecule has 0 atom stereocenters. The molecule has 164 valence electrons. The van der Waals surface area contributed by atoms with Crippen LogP contribution in [0, 0.1) is 0 Å². The third-order valence-electron chi connectivity index (χ3n) is 3.91. The van der Waals surface area contributed by atoms with Crippen molar-refractivity contribution in [1.29, 1.82) is 0 Å². The summed E-state index contributed by atoms with van der Waals surface area (Å²) in [6, 6.07) is 14.8. The molecular weight excluding hydrogens is 440 g/mol. The lowest BCUT2D eigenvalue weighted by atomic mass is 10.0. The van der Waals surface area contributed by atoms with Crippen LogP contribution in [-0.2, 0) is 25.5 Å². The highest BCUT2D eigenvalue weighted by atomic mass is 32.2. The molecule has 0 aliphatic rings. The first-order chi connectivity index (χ1) is 14.9. The summed E-state index contributed by atoms with van der Waals surface area (Å²) in [5.41, 5.74) is 3.36. The number of thioether (sulfide) groups is 2. The predicted octanol–water partition coefficient (Wildman–Crippen LogP) is 4.15. The van der Waals surface area contributed by atoms with E-state index < -0.39 is 11.9 Å². The minimum Gasteiger partial charge on any atom is -0.468 e. The van der Waals surface area contributed by atoms with Gasteiger partial charge in [0.2, 0.25) is 0 Å². The van der Waals surface area contributed by atoms with E-state index in [2.05, 4.69) is 20.1 Å². The smallest absolute Gasteiger partial charge is 0.316 e. The Hall–Kier alpha value is -2.98. The molecule has 10 heteroatoms. The largest absolute Gasteiger partial charge is 0.468 e. The lowest BCUT2D eigenvalue weighted by molar-refractivity contribution is -0.138. The Balaban J connectivity index is 1.82. The summed E-state index contributed by atoms with van der Waals surface area (Å²) in [5, 5.41) is 4.74. The van der Waals surface area contributed by atoms with Crippen molar-refractivity contribution in [3.63, 3.8) is 0 Å². The number of nitrogens with one attached hydrogen (secondary N) is 2. The second-order valence-electron chi connectivity index (χ2n) is 6.13. The molecule has 0 unspecified atom stereocenters. The number of methoxy groups -OCH3 is 2. The number of benzene rings is 2. The Morgan fingerprint density at radius 1 is 0.677 bits per heavy atom. The van der Waals surface area contributed by atoms with E-state index in [4.69, 9.17) is 0 Å². The molecule has 0 radical (unpaired) electrons. The van der Waals surface area contributed by atoms with Crippen LogP contribution in [0.1, 0.15) is 11.1 Å². The lowest BCUT2D eigenvalue weighted by Gasteiger charge is -2.08. The molecule has 2 rings (SSSR count). The number of anilines is 2. The van der Waals surface area contributed by atoms with E-state index in [-0.39, 0.29) is 22.0 Å². The van der Waals surface area contributed by atoms with Gasteiger partial charge in [-0.1, -0.05) is 47.8 Å². The van der Waals surface area contributed by atoms with Gasteiger partial charge in [-0.15, -0.1) is 0 Å². The molecule has 0 aliphatic heterocycles. The van der Waals surface area contributed by atoms with Crippen molar-refractivity contribution in [2.45, 2.75) is 6.42 Å². The first-order valence-corrected chi connectivity index (χ1v) is 11.1. The normalized spacial score (nSPS) is 10.1. The number of hydrogen-bond acceptors (Lipinski definition) is 8. The molecule has 0 aliphatic carbocycles. The van der Waals surface area contributed by atoms with Gasteiger partial charge in [-0.2, -0.15) is 0 Å². The van der Waals surface area contributed by atoms with E-state index in [1.807, 2.05) is 24.3 Å². The van der Waals surface area contributed by atoms with Gasteiger partial charge in [-0.3, -0.25) is 19.2 Å². The van der Waals surface area contributed by atoms with Crippen LogP contribution in [0.3, 0.4) is 0 Å². The van der Waals surface area contributed by atoms with Gasteiger partial charge in [-0.25, -0.2) is 0 Å². The molecule has 2 aromatic carbocycles. The Morgan fingerprint density at radius 3 is 1.35 bits per heavy atom. The third-order valence-corrected chi connectivity index (χ3v) is 5.40. The summed E-state index contributed by atoms with van der Waals surface area (Å²) in [4.78, 5) is 45.7. The van der Waals surface area contributed by atoms with Crippen molar-refractivity contribution < 1.29 is 28.7 Å². The fourth-order valence-electron chi connectivity index (χ4n) is 2.32. The van der Waals surface area contributed by atoms with Gasteiger partial charge in [0.1, 0.15) is 11.5 Å². The van der Waals surface area contributed by atoms with Gasteiger partial charge in [-0.05, 0) is 41.8 Å². The SMILES string of the molecule is COC(=O)CSC(=O)Nc1ccc(Cc2ccc(NC(=O)SCC(=O)OC)cc2)cc1. The average Bonchev–Trinajstić information content (AvgIpc) is 2.78. The zero-order valence-electron chi connectivity index (χ0n) is 17.0. The fourth-order valence-corrected chi connectivity index (χ4v) is 3.44. The van der Waals surface area contributed by atoms with Crippen LogP contribution in [0.25, 0.3) is 0 Å². The number of ether oxygens (including phenoxy) is 2. The Bertz CT molecular complexity index is 841. The first-order valence-electron chi connectivity index (χ1n) is 9.08. The summed E-state index contributed by atoms with van der Waals surface area (Å²) in [7, 11) is 2.55.